The Morgan fingerprint density at radius 3 is 2.43 bits per heavy atom. The zero-order chi connectivity index (χ0) is 32.9. The van der Waals surface area contributed by atoms with E-state index in [4.69, 9.17) is 9.72 Å². The van der Waals surface area contributed by atoms with E-state index in [1.54, 1.807) is 25.7 Å². The van der Waals surface area contributed by atoms with E-state index >= 15 is 0 Å². The molecule has 0 spiro atoms. The number of aromatic nitrogens is 4. The van der Waals surface area contributed by atoms with Crippen molar-refractivity contribution in [3.63, 3.8) is 0 Å². The molecule has 0 aliphatic carbocycles. The molecule has 0 amide bonds. The number of rotatable bonds is 9. The number of methoxy groups -OCH3 is 1. The van der Waals surface area contributed by atoms with Crippen LogP contribution in [0.2, 0.25) is 0 Å². The average molecular weight is 652 g/mol. The normalized spacial score (nSPS) is 16.3. The monoisotopic (exact) mass is 651 g/mol. The van der Waals surface area contributed by atoms with Gasteiger partial charge in [0.25, 0.3) is 0 Å². The Bertz CT molecular complexity index is 1770. The van der Waals surface area contributed by atoms with Gasteiger partial charge >= 0.3 is 0 Å². The fourth-order valence-corrected chi connectivity index (χ4v) is 7.91. The molecular formula is C36H46N9OP. The summed E-state index contributed by atoms with van der Waals surface area (Å²) in [5, 5.41) is 8.18. The van der Waals surface area contributed by atoms with Gasteiger partial charge in [0.1, 0.15) is 5.75 Å². The number of nitrogens with one attached hydrogen (secondary N) is 2. The summed E-state index contributed by atoms with van der Waals surface area (Å²) in [7, 11) is 3.46. The van der Waals surface area contributed by atoms with Crippen LogP contribution in [0, 0.1) is 11.8 Å². The third kappa shape index (κ3) is 7.28. The van der Waals surface area contributed by atoms with Crippen molar-refractivity contribution >= 4 is 53.1 Å². The number of hydrogen-bond donors (Lipinski definition) is 2. The number of likely N-dealkylation sites (N-methyl/N-ethyl adjacent to an activating group) is 1. The second-order valence-corrected chi connectivity index (χ2v) is 14.7. The number of piperazine rings is 1. The van der Waals surface area contributed by atoms with E-state index in [1.165, 1.54) is 50.3 Å². The summed E-state index contributed by atoms with van der Waals surface area (Å²) in [6.45, 7) is 15.3. The topological polar surface area (TPSA) is 94.6 Å². The van der Waals surface area contributed by atoms with Gasteiger partial charge in [0, 0.05) is 80.4 Å². The minimum Gasteiger partial charge on any atom is -0.494 e. The Kier molecular flexibility index (Phi) is 10.4. The van der Waals surface area contributed by atoms with Crippen molar-refractivity contribution in [3.8, 4) is 17.6 Å². The summed E-state index contributed by atoms with van der Waals surface area (Å²) in [4.78, 5) is 26.4. The van der Waals surface area contributed by atoms with Crippen LogP contribution in [0.1, 0.15) is 37.8 Å². The van der Waals surface area contributed by atoms with Gasteiger partial charge in [-0.25, -0.2) is 4.98 Å². The Labute approximate surface area is 280 Å². The lowest BCUT2D eigenvalue weighted by molar-refractivity contribution is 0.0982. The van der Waals surface area contributed by atoms with Crippen LogP contribution in [0.5, 0.6) is 5.75 Å². The molecule has 0 unspecified atom stereocenters. The molecule has 4 heterocycles. The smallest absolute Gasteiger partial charge is 0.229 e. The maximum absolute atomic E-state index is 5.94. The van der Waals surface area contributed by atoms with Crippen molar-refractivity contribution < 1.29 is 4.74 Å². The molecule has 2 N–H and O–H groups in total. The maximum atomic E-state index is 5.94. The Morgan fingerprint density at radius 1 is 0.957 bits per heavy atom. The molecule has 0 atom stereocenters. The number of piperidine rings is 1. The summed E-state index contributed by atoms with van der Waals surface area (Å²) in [6, 6.07) is 9.09. The number of hydrogen-bond acceptors (Lipinski definition) is 10. The van der Waals surface area contributed by atoms with Gasteiger partial charge in [-0.1, -0.05) is 20.8 Å². The van der Waals surface area contributed by atoms with Crippen LogP contribution < -0.4 is 25.6 Å². The average Bonchev–Trinajstić information content (AvgIpc) is 3.09. The first-order valence-electron chi connectivity index (χ1n) is 16.5. The van der Waals surface area contributed by atoms with E-state index in [-0.39, 0.29) is 0 Å². The molecule has 0 saturated carbocycles. The van der Waals surface area contributed by atoms with E-state index in [1.807, 2.05) is 13.0 Å². The van der Waals surface area contributed by atoms with Crippen LogP contribution in [-0.4, -0.2) is 103 Å². The molecule has 246 valence electrons. The van der Waals surface area contributed by atoms with Crippen LogP contribution in [-0.2, 0) is 6.42 Å². The SMILES string of the molecule is CC#Cc1cnc(Nc2cc(CC)c(N3CCC(N4CCN(C)CC4)CC3)cc2OC)nc1Nc1ccc2nccnc2c1P(C)C. The standard InChI is InChI=1S/C36H46N9OP/c1-7-9-26-24-39-36(42-35(26)40-29-11-10-28-33(34(29)47(5)6)38-15-14-37-28)41-30-22-25(8-2)31(23-32(30)46-4)45-16-12-27(13-17-45)44-20-18-43(3)19-21-44/h10-11,14-15,22-24,27H,8,12-13,16-21H2,1-6H3,(H2,39,40,41,42). The van der Waals surface area contributed by atoms with Crippen molar-refractivity contribution in [1.29, 1.82) is 0 Å². The van der Waals surface area contributed by atoms with Crippen molar-refractivity contribution in [2.45, 2.75) is 39.2 Å². The fourth-order valence-electron chi connectivity index (χ4n) is 6.70. The van der Waals surface area contributed by atoms with Gasteiger partial charge in [0.05, 0.1) is 35.6 Å². The number of aryl methyl sites for hydroxylation is 1. The lowest BCUT2D eigenvalue weighted by atomic mass is 9.99. The summed E-state index contributed by atoms with van der Waals surface area (Å²) >= 11 is 0. The van der Waals surface area contributed by atoms with Crippen LogP contribution in [0.25, 0.3) is 11.0 Å². The first kappa shape index (κ1) is 32.9. The predicted octanol–water partition coefficient (Wildman–Crippen LogP) is 5.43. The van der Waals surface area contributed by atoms with Crippen LogP contribution >= 0.6 is 7.92 Å². The number of ether oxygens (including phenoxy) is 1. The minimum atomic E-state index is -0.491. The molecule has 11 heteroatoms. The second kappa shape index (κ2) is 14.8. The molecule has 4 aromatic rings. The van der Waals surface area contributed by atoms with Gasteiger partial charge in [-0.15, -0.1) is 5.92 Å². The summed E-state index contributed by atoms with van der Waals surface area (Å²) < 4.78 is 5.94. The molecule has 0 bridgehead atoms. The molecule has 10 nitrogen and oxygen atoms in total. The maximum Gasteiger partial charge on any atom is 0.229 e. The lowest BCUT2D eigenvalue weighted by Gasteiger charge is -2.43. The van der Waals surface area contributed by atoms with E-state index < -0.39 is 7.92 Å². The van der Waals surface area contributed by atoms with Crippen molar-refractivity contribution in [3.05, 3.63) is 54.0 Å². The number of anilines is 5. The molecule has 0 radical (unpaired) electrons. The highest BCUT2D eigenvalue weighted by Gasteiger charge is 2.28. The van der Waals surface area contributed by atoms with Gasteiger partial charge in [0.15, 0.2) is 5.82 Å². The Balaban J connectivity index is 1.25. The zero-order valence-electron chi connectivity index (χ0n) is 28.5. The van der Waals surface area contributed by atoms with Crippen molar-refractivity contribution in [2.75, 3.05) is 82.3 Å². The molecule has 2 fully saturated rings. The summed E-state index contributed by atoms with van der Waals surface area (Å²) in [6.07, 6.45) is 8.53. The van der Waals surface area contributed by atoms with Gasteiger partial charge < -0.3 is 25.2 Å². The molecule has 47 heavy (non-hydrogen) atoms. The molecular weight excluding hydrogens is 605 g/mol. The largest absolute Gasteiger partial charge is 0.494 e. The number of benzene rings is 2. The highest BCUT2D eigenvalue weighted by atomic mass is 31.1. The third-order valence-corrected chi connectivity index (χ3v) is 10.6. The Morgan fingerprint density at radius 2 is 1.72 bits per heavy atom. The molecule has 2 aromatic carbocycles. The predicted molar refractivity (Wildman–Crippen MR) is 196 cm³/mol. The highest BCUT2D eigenvalue weighted by Crippen LogP contribution is 2.38. The quantitative estimate of drug-likeness (QED) is 0.180. The minimum absolute atomic E-state index is 0.465. The van der Waals surface area contributed by atoms with E-state index in [0.29, 0.717) is 17.8 Å². The van der Waals surface area contributed by atoms with E-state index in [2.05, 4.69) is 97.6 Å². The van der Waals surface area contributed by atoms with Gasteiger partial charge in [-0.2, -0.15) is 4.98 Å². The number of fused-ring (bicyclic) bond motifs is 1. The van der Waals surface area contributed by atoms with E-state index in [9.17, 15) is 0 Å². The molecule has 2 aromatic heterocycles. The zero-order valence-corrected chi connectivity index (χ0v) is 29.4. The van der Waals surface area contributed by atoms with Crippen LogP contribution in [0.3, 0.4) is 0 Å². The first-order chi connectivity index (χ1) is 22.9. The summed E-state index contributed by atoms with van der Waals surface area (Å²) in [5.41, 5.74) is 6.83. The summed E-state index contributed by atoms with van der Waals surface area (Å²) in [5.74, 6) is 8.03. The molecule has 6 rings (SSSR count). The molecule has 2 aliphatic rings. The van der Waals surface area contributed by atoms with Gasteiger partial charge in [-0.05, 0) is 70.3 Å². The van der Waals surface area contributed by atoms with Crippen LogP contribution in [0.4, 0.5) is 28.8 Å². The first-order valence-corrected chi connectivity index (χ1v) is 18.8. The van der Waals surface area contributed by atoms with Crippen molar-refractivity contribution in [1.82, 2.24) is 29.7 Å². The number of nitrogens with zero attached hydrogens (tertiary/aromatic N) is 7. The molecule has 2 aliphatic heterocycles. The molecule has 2 saturated heterocycles. The van der Waals surface area contributed by atoms with Crippen molar-refractivity contribution in [2.24, 2.45) is 0 Å². The third-order valence-electron chi connectivity index (χ3n) is 9.25. The lowest BCUT2D eigenvalue weighted by Crippen LogP contribution is -2.52. The van der Waals surface area contributed by atoms with E-state index in [0.717, 1.165) is 58.5 Å². The van der Waals surface area contributed by atoms with Gasteiger partial charge in [0.2, 0.25) is 5.95 Å². The second-order valence-electron chi connectivity index (χ2n) is 12.5. The fraction of sp³-hybridized carbons (Fsp3) is 0.444. The Hall–Kier alpha value is -4.03. The van der Waals surface area contributed by atoms with Crippen LogP contribution in [0.15, 0.2) is 42.9 Å². The van der Waals surface area contributed by atoms with Gasteiger partial charge in [-0.3, -0.25) is 14.9 Å². The highest BCUT2D eigenvalue weighted by molar-refractivity contribution is 7.65.